The molecule has 0 fully saturated rings. The van der Waals surface area contributed by atoms with E-state index in [0.717, 1.165) is 10.2 Å². The van der Waals surface area contributed by atoms with Crippen molar-refractivity contribution in [3.63, 3.8) is 0 Å². The summed E-state index contributed by atoms with van der Waals surface area (Å²) in [5, 5.41) is 21.1. The largest absolute Gasteiger partial charge is 0.394 e. The van der Waals surface area contributed by atoms with Gasteiger partial charge in [0.05, 0.1) is 12.7 Å². The van der Waals surface area contributed by atoms with E-state index in [4.69, 9.17) is 5.11 Å². The van der Waals surface area contributed by atoms with E-state index in [1.54, 1.807) is 0 Å². The molecule has 0 spiro atoms. The average molecular weight is 302 g/mol. The SMILES string of the molecule is CC(C)(C)c1ccc(NCC(O)CO)c(Br)c1. The van der Waals surface area contributed by atoms with Crippen LogP contribution in [0.2, 0.25) is 0 Å². The minimum atomic E-state index is -0.732. The van der Waals surface area contributed by atoms with Gasteiger partial charge in [-0.05, 0) is 39.0 Å². The third-order valence-electron chi connectivity index (χ3n) is 2.57. The first kappa shape index (κ1) is 14.5. The van der Waals surface area contributed by atoms with E-state index in [1.165, 1.54) is 5.56 Å². The molecule has 3 nitrogen and oxygen atoms in total. The van der Waals surface area contributed by atoms with Crippen LogP contribution in [0.25, 0.3) is 0 Å². The molecular formula is C13H20BrNO2. The number of anilines is 1. The Bertz CT molecular complexity index is 374. The fraction of sp³-hybridized carbons (Fsp3) is 0.538. The first-order valence-electron chi connectivity index (χ1n) is 5.67. The van der Waals surface area contributed by atoms with Crippen molar-refractivity contribution in [1.29, 1.82) is 0 Å². The van der Waals surface area contributed by atoms with Crippen LogP contribution in [0.5, 0.6) is 0 Å². The van der Waals surface area contributed by atoms with Gasteiger partial charge in [0, 0.05) is 16.7 Å². The molecule has 0 saturated carbocycles. The Morgan fingerprint density at radius 1 is 1.35 bits per heavy atom. The van der Waals surface area contributed by atoms with Crippen molar-refractivity contribution in [2.75, 3.05) is 18.5 Å². The summed E-state index contributed by atoms with van der Waals surface area (Å²) in [4.78, 5) is 0. The Labute approximate surface area is 111 Å². The summed E-state index contributed by atoms with van der Waals surface area (Å²) in [7, 11) is 0. The molecule has 0 amide bonds. The first-order valence-corrected chi connectivity index (χ1v) is 6.46. The molecule has 17 heavy (non-hydrogen) atoms. The third kappa shape index (κ3) is 4.30. The molecule has 0 aliphatic heterocycles. The molecule has 4 heteroatoms. The number of hydrogen-bond acceptors (Lipinski definition) is 3. The number of nitrogens with one attached hydrogen (secondary N) is 1. The van der Waals surface area contributed by atoms with Crippen LogP contribution < -0.4 is 5.32 Å². The van der Waals surface area contributed by atoms with Gasteiger partial charge in [-0.2, -0.15) is 0 Å². The molecule has 0 bridgehead atoms. The van der Waals surface area contributed by atoms with Crippen molar-refractivity contribution >= 4 is 21.6 Å². The number of aliphatic hydroxyl groups is 2. The summed E-state index contributed by atoms with van der Waals surface area (Å²) in [6.07, 6.45) is -0.732. The van der Waals surface area contributed by atoms with E-state index in [2.05, 4.69) is 54.2 Å². The van der Waals surface area contributed by atoms with Crippen LogP contribution in [0.4, 0.5) is 5.69 Å². The van der Waals surface area contributed by atoms with E-state index >= 15 is 0 Å². The predicted molar refractivity (Wildman–Crippen MR) is 74.4 cm³/mol. The summed E-state index contributed by atoms with van der Waals surface area (Å²) in [6, 6.07) is 6.13. The molecule has 0 aromatic heterocycles. The second-order valence-electron chi connectivity index (χ2n) is 5.16. The minimum absolute atomic E-state index is 0.117. The number of halogens is 1. The summed E-state index contributed by atoms with van der Waals surface area (Å²) in [5.41, 5.74) is 2.29. The van der Waals surface area contributed by atoms with Gasteiger partial charge in [-0.15, -0.1) is 0 Å². The molecule has 0 aliphatic carbocycles. The van der Waals surface area contributed by atoms with Crippen LogP contribution in [-0.4, -0.2) is 29.5 Å². The zero-order chi connectivity index (χ0) is 13.1. The van der Waals surface area contributed by atoms with Crippen molar-refractivity contribution in [3.8, 4) is 0 Å². The second kappa shape index (κ2) is 5.85. The number of benzene rings is 1. The topological polar surface area (TPSA) is 52.5 Å². The lowest BCUT2D eigenvalue weighted by atomic mass is 9.87. The molecule has 0 aliphatic rings. The number of hydrogen-bond donors (Lipinski definition) is 3. The molecule has 1 aromatic rings. The first-order chi connectivity index (χ1) is 7.84. The fourth-order valence-electron chi connectivity index (χ4n) is 1.42. The second-order valence-corrected chi connectivity index (χ2v) is 6.02. The Kier molecular flexibility index (Phi) is 4.98. The number of rotatable bonds is 4. The van der Waals surface area contributed by atoms with Crippen molar-refractivity contribution in [1.82, 2.24) is 0 Å². The van der Waals surface area contributed by atoms with Gasteiger partial charge in [-0.25, -0.2) is 0 Å². The molecule has 0 heterocycles. The van der Waals surface area contributed by atoms with E-state index in [9.17, 15) is 5.11 Å². The highest BCUT2D eigenvalue weighted by Crippen LogP contribution is 2.29. The molecule has 1 unspecified atom stereocenters. The van der Waals surface area contributed by atoms with E-state index < -0.39 is 6.10 Å². The zero-order valence-electron chi connectivity index (χ0n) is 10.5. The standard InChI is InChI=1S/C13H20BrNO2/c1-13(2,3)9-4-5-12(11(14)6-9)15-7-10(17)8-16/h4-6,10,15-17H,7-8H2,1-3H3. The van der Waals surface area contributed by atoms with Crippen molar-refractivity contribution in [3.05, 3.63) is 28.2 Å². The third-order valence-corrected chi connectivity index (χ3v) is 3.23. The van der Waals surface area contributed by atoms with E-state index in [0.29, 0.717) is 6.54 Å². The van der Waals surface area contributed by atoms with Gasteiger partial charge >= 0.3 is 0 Å². The normalized spacial score (nSPS) is 13.5. The van der Waals surface area contributed by atoms with E-state index in [1.807, 2.05) is 6.07 Å². The summed E-state index contributed by atoms with van der Waals surface area (Å²) >= 11 is 3.50. The molecule has 0 saturated heterocycles. The summed E-state index contributed by atoms with van der Waals surface area (Å²) in [6.45, 7) is 6.60. The van der Waals surface area contributed by atoms with Crippen LogP contribution in [0.3, 0.4) is 0 Å². The highest BCUT2D eigenvalue weighted by Gasteiger charge is 2.14. The molecule has 96 valence electrons. The molecule has 3 N–H and O–H groups in total. The molecule has 0 radical (unpaired) electrons. The minimum Gasteiger partial charge on any atom is -0.394 e. The molecule has 1 rings (SSSR count). The Morgan fingerprint density at radius 3 is 2.47 bits per heavy atom. The fourth-order valence-corrected chi connectivity index (χ4v) is 1.94. The maximum absolute atomic E-state index is 9.27. The highest BCUT2D eigenvalue weighted by molar-refractivity contribution is 9.10. The van der Waals surface area contributed by atoms with Gasteiger partial charge in [-0.3, -0.25) is 0 Å². The van der Waals surface area contributed by atoms with Crippen LogP contribution >= 0.6 is 15.9 Å². The van der Waals surface area contributed by atoms with Gasteiger partial charge in [0.15, 0.2) is 0 Å². The highest BCUT2D eigenvalue weighted by atomic mass is 79.9. The Morgan fingerprint density at radius 2 is 2.00 bits per heavy atom. The predicted octanol–water partition coefficient (Wildman–Crippen LogP) is 2.51. The lowest BCUT2D eigenvalue weighted by Crippen LogP contribution is -2.23. The van der Waals surface area contributed by atoms with Crippen molar-refractivity contribution in [2.24, 2.45) is 0 Å². The smallest absolute Gasteiger partial charge is 0.0942 e. The van der Waals surface area contributed by atoms with Crippen molar-refractivity contribution < 1.29 is 10.2 Å². The Balaban J connectivity index is 2.77. The Hall–Kier alpha value is -0.580. The average Bonchev–Trinajstić information content (AvgIpc) is 2.25. The monoisotopic (exact) mass is 301 g/mol. The van der Waals surface area contributed by atoms with Crippen LogP contribution in [0, 0.1) is 0 Å². The van der Waals surface area contributed by atoms with Crippen LogP contribution in [0.15, 0.2) is 22.7 Å². The molecule has 1 atom stereocenters. The maximum atomic E-state index is 9.27. The molecule has 1 aromatic carbocycles. The van der Waals surface area contributed by atoms with E-state index in [-0.39, 0.29) is 12.0 Å². The quantitative estimate of drug-likeness (QED) is 0.801. The van der Waals surface area contributed by atoms with Gasteiger partial charge in [0.1, 0.15) is 0 Å². The van der Waals surface area contributed by atoms with Crippen LogP contribution in [0.1, 0.15) is 26.3 Å². The summed E-state index contributed by atoms with van der Waals surface area (Å²) in [5.74, 6) is 0. The van der Waals surface area contributed by atoms with Crippen LogP contribution in [-0.2, 0) is 5.41 Å². The summed E-state index contributed by atoms with van der Waals surface area (Å²) < 4.78 is 0.968. The van der Waals surface area contributed by atoms with Gasteiger partial charge in [-0.1, -0.05) is 26.8 Å². The molecular weight excluding hydrogens is 282 g/mol. The lowest BCUT2D eigenvalue weighted by molar-refractivity contribution is 0.105. The zero-order valence-corrected chi connectivity index (χ0v) is 12.1. The number of aliphatic hydroxyl groups excluding tert-OH is 2. The van der Waals surface area contributed by atoms with Gasteiger partial charge in [0.2, 0.25) is 0 Å². The van der Waals surface area contributed by atoms with Crippen molar-refractivity contribution in [2.45, 2.75) is 32.3 Å². The lowest BCUT2D eigenvalue weighted by Gasteiger charge is -2.20. The van der Waals surface area contributed by atoms with Gasteiger partial charge < -0.3 is 15.5 Å². The maximum Gasteiger partial charge on any atom is 0.0942 e. The van der Waals surface area contributed by atoms with Gasteiger partial charge in [0.25, 0.3) is 0 Å².